The molecular formula is C19H17ClN4O2. The molecule has 6 nitrogen and oxygen atoms in total. The molecule has 7 heteroatoms. The van der Waals surface area contributed by atoms with Crippen molar-refractivity contribution in [3.63, 3.8) is 0 Å². The standard InChI is InChI=1S/C19H17ClN4O2/c1-2-26-19-23(13-14-6-4-3-5-7-14)18(25)17(12-21)22-24(19)16-10-8-15(20)9-11-16/h3-11,19H,2,13H2,1H3/t19-/m1/s1. The molecule has 0 saturated carbocycles. The zero-order chi connectivity index (χ0) is 18.5. The van der Waals surface area contributed by atoms with E-state index >= 15 is 0 Å². The summed E-state index contributed by atoms with van der Waals surface area (Å²) in [5.74, 6) is -0.458. The molecule has 3 rings (SSSR count). The van der Waals surface area contributed by atoms with E-state index in [1.165, 1.54) is 9.91 Å². The number of amides is 1. The highest BCUT2D eigenvalue weighted by molar-refractivity contribution is 6.45. The van der Waals surface area contributed by atoms with Crippen LogP contribution >= 0.6 is 11.6 Å². The highest BCUT2D eigenvalue weighted by atomic mass is 35.5. The smallest absolute Gasteiger partial charge is 0.289 e. The molecule has 1 aliphatic rings. The fraction of sp³-hybridized carbons (Fsp3) is 0.211. The number of benzene rings is 2. The van der Waals surface area contributed by atoms with Crippen molar-refractivity contribution in [3.8, 4) is 6.07 Å². The van der Waals surface area contributed by atoms with Crippen LogP contribution in [-0.4, -0.2) is 29.5 Å². The van der Waals surface area contributed by atoms with Crippen molar-refractivity contribution in [2.24, 2.45) is 5.10 Å². The van der Waals surface area contributed by atoms with Crippen molar-refractivity contribution in [2.45, 2.75) is 19.8 Å². The van der Waals surface area contributed by atoms with E-state index in [1.54, 1.807) is 24.3 Å². The van der Waals surface area contributed by atoms with Crippen LogP contribution in [0.25, 0.3) is 0 Å². The third-order valence-electron chi connectivity index (χ3n) is 3.86. The summed E-state index contributed by atoms with van der Waals surface area (Å²) in [5, 5.41) is 15.7. The normalized spacial score (nSPS) is 17.0. The van der Waals surface area contributed by atoms with Gasteiger partial charge in [-0.2, -0.15) is 10.4 Å². The van der Waals surface area contributed by atoms with Crippen LogP contribution in [0.4, 0.5) is 5.69 Å². The maximum Gasteiger partial charge on any atom is 0.289 e. The highest BCUT2D eigenvalue weighted by Crippen LogP contribution is 2.27. The monoisotopic (exact) mass is 368 g/mol. The van der Waals surface area contributed by atoms with Crippen LogP contribution in [0.15, 0.2) is 59.7 Å². The molecule has 0 unspecified atom stereocenters. The first-order chi connectivity index (χ1) is 12.6. The second kappa shape index (κ2) is 8.00. The van der Waals surface area contributed by atoms with Crippen LogP contribution in [0.3, 0.4) is 0 Å². The van der Waals surface area contributed by atoms with Crippen molar-refractivity contribution in [1.29, 1.82) is 5.26 Å². The minimum atomic E-state index is -0.758. The van der Waals surface area contributed by atoms with Gasteiger partial charge < -0.3 is 4.74 Å². The molecule has 2 aromatic carbocycles. The maximum absolute atomic E-state index is 12.7. The summed E-state index contributed by atoms with van der Waals surface area (Å²) in [4.78, 5) is 14.2. The molecule has 132 valence electrons. The SMILES string of the molecule is CCO[C@@H]1N(Cc2ccccc2)C(=O)C(C#N)=NN1c1ccc(Cl)cc1. The van der Waals surface area contributed by atoms with Gasteiger partial charge in [-0.1, -0.05) is 41.9 Å². The van der Waals surface area contributed by atoms with E-state index in [-0.39, 0.29) is 5.71 Å². The summed E-state index contributed by atoms with van der Waals surface area (Å²) in [6.07, 6.45) is -0.758. The van der Waals surface area contributed by atoms with Gasteiger partial charge in [0.1, 0.15) is 6.07 Å². The van der Waals surface area contributed by atoms with Gasteiger partial charge in [0.05, 0.1) is 12.2 Å². The van der Waals surface area contributed by atoms with Gasteiger partial charge in [-0.15, -0.1) is 0 Å². The van der Waals surface area contributed by atoms with Gasteiger partial charge in [0.15, 0.2) is 0 Å². The number of carbonyl (C=O) groups excluding carboxylic acids is 1. The van der Waals surface area contributed by atoms with Crippen LogP contribution in [0.2, 0.25) is 5.02 Å². The fourth-order valence-corrected chi connectivity index (χ4v) is 2.78. The van der Waals surface area contributed by atoms with Crippen molar-refractivity contribution in [1.82, 2.24) is 4.90 Å². The Kier molecular flexibility index (Phi) is 5.52. The molecular weight excluding hydrogens is 352 g/mol. The number of anilines is 1. The van der Waals surface area contributed by atoms with E-state index in [9.17, 15) is 10.1 Å². The molecule has 0 radical (unpaired) electrons. The summed E-state index contributed by atoms with van der Waals surface area (Å²) in [6.45, 7) is 2.52. The first-order valence-electron chi connectivity index (χ1n) is 8.14. The summed E-state index contributed by atoms with van der Waals surface area (Å²) >= 11 is 5.96. The van der Waals surface area contributed by atoms with Gasteiger partial charge in [0.25, 0.3) is 5.91 Å². The van der Waals surface area contributed by atoms with E-state index in [2.05, 4.69) is 5.10 Å². The summed E-state index contributed by atoms with van der Waals surface area (Å²) in [6, 6.07) is 18.4. The molecule has 0 aliphatic carbocycles. The second-order valence-electron chi connectivity index (χ2n) is 5.58. The number of rotatable bonds is 5. The second-order valence-corrected chi connectivity index (χ2v) is 6.02. The largest absolute Gasteiger partial charge is 0.339 e. The Balaban J connectivity index is 2.02. The van der Waals surface area contributed by atoms with Gasteiger partial charge >= 0.3 is 0 Å². The molecule has 0 spiro atoms. The predicted octanol–water partition coefficient (Wildman–Crippen LogP) is 3.39. The quantitative estimate of drug-likeness (QED) is 0.811. The van der Waals surface area contributed by atoms with Gasteiger partial charge in [0.2, 0.25) is 12.1 Å². The van der Waals surface area contributed by atoms with Crippen molar-refractivity contribution in [3.05, 3.63) is 65.2 Å². The van der Waals surface area contributed by atoms with Crippen LogP contribution in [0, 0.1) is 11.3 Å². The average Bonchev–Trinajstić information content (AvgIpc) is 2.67. The Hall–Kier alpha value is -2.88. The van der Waals surface area contributed by atoms with Crippen molar-refractivity contribution in [2.75, 3.05) is 11.6 Å². The van der Waals surface area contributed by atoms with Crippen molar-refractivity contribution < 1.29 is 9.53 Å². The topological polar surface area (TPSA) is 68.9 Å². The lowest BCUT2D eigenvalue weighted by atomic mass is 10.2. The zero-order valence-electron chi connectivity index (χ0n) is 14.2. The van der Waals surface area contributed by atoms with Gasteiger partial charge in [-0.25, -0.2) is 5.01 Å². The first kappa shape index (κ1) is 17.9. The number of nitrogens with zero attached hydrogens (tertiary/aromatic N) is 4. The Morgan fingerprint density at radius 1 is 1.19 bits per heavy atom. The third kappa shape index (κ3) is 3.69. The average molecular weight is 369 g/mol. The van der Waals surface area contributed by atoms with Crippen LogP contribution < -0.4 is 5.01 Å². The number of nitriles is 1. The molecule has 0 bridgehead atoms. The van der Waals surface area contributed by atoms with E-state index in [0.717, 1.165) is 5.56 Å². The number of halogens is 1. The molecule has 1 atom stereocenters. The minimum Gasteiger partial charge on any atom is -0.339 e. The summed E-state index contributed by atoms with van der Waals surface area (Å²) in [7, 11) is 0. The number of hydrogen-bond donors (Lipinski definition) is 0. The van der Waals surface area contributed by atoms with Crippen LogP contribution in [0.1, 0.15) is 12.5 Å². The lowest BCUT2D eigenvalue weighted by Gasteiger charge is -2.40. The molecule has 26 heavy (non-hydrogen) atoms. The Morgan fingerprint density at radius 2 is 1.88 bits per heavy atom. The minimum absolute atomic E-state index is 0.188. The predicted molar refractivity (Wildman–Crippen MR) is 99.4 cm³/mol. The molecule has 1 heterocycles. The highest BCUT2D eigenvalue weighted by Gasteiger charge is 2.37. The van der Waals surface area contributed by atoms with E-state index in [0.29, 0.717) is 23.9 Å². The number of hydrogen-bond acceptors (Lipinski definition) is 5. The fourth-order valence-electron chi connectivity index (χ4n) is 2.66. The summed E-state index contributed by atoms with van der Waals surface area (Å²) in [5.41, 5.74) is 1.42. The van der Waals surface area contributed by atoms with Crippen LogP contribution in [0.5, 0.6) is 0 Å². The van der Waals surface area contributed by atoms with Crippen molar-refractivity contribution >= 4 is 28.9 Å². The summed E-state index contributed by atoms with van der Waals surface area (Å²) < 4.78 is 5.81. The van der Waals surface area contributed by atoms with E-state index in [4.69, 9.17) is 16.3 Å². The zero-order valence-corrected chi connectivity index (χ0v) is 14.9. The lowest BCUT2D eigenvalue weighted by Crippen LogP contribution is -2.56. The number of hydrazone groups is 1. The molecule has 0 fully saturated rings. The molecule has 0 N–H and O–H groups in total. The maximum atomic E-state index is 12.7. The lowest BCUT2D eigenvalue weighted by molar-refractivity contribution is -0.141. The number of carbonyl (C=O) groups is 1. The Morgan fingerprint density at radius 3 is 2.50 bits per heavy atom. The molecule has 1 aliphatic heterocycles. The Labute approximate surface area is 156 Å². The number of ether oxygens (including phenoxy) is 1. The molecule has 2 aromatic rings. The first-order valence-corrected chi connectivity index (χ1v) is 8.52. The molecule has 1 amide bonds. The van der Waals surface area contributed by atoms with Crippen LogP contribution in [-0.2, 0) is 16.1 Å². The van der Waals surface area contributed by atoms with Gasteiger partial charge in [0, 0.05) is 11.6 Å². The van der Waals surface area contributed by atoms with Gasteiger partial charge in [-0.3, -0.25) is 9.69 Å². The molecule has 0 saturated heterocycles. The molecule has 0 aromatic heterocycles. The van der Waals surface area contributed by atoms with E-state index in [1.807, 2.05) is 43.3 Å². The third-order valence-corrected chi connectivity index (χ3v) is 4.11. The Bertz CT molecular complexity index is 846. The van der Waals surface area contributed by atoms with E-state index < -0.39 is 12.3 Å². The van der Waals surface area contributed by atoms with Gasteiger partial charge in [-0.05, 0) is 36.8 Å².